The number of esters is 1. The lowest BCUT2D eigenvalue weighted by Crippen LogP contribution is -2.29. The molecule has 0 aromatic heterocycles. The van der Waals surface area contributed by atoms with Gasteiger partial charge in [-0.25, -0.2) is 9.18 Å². The number of nitrogens with one attached hydrogen (secondary N) is 1. The van der Waals surface area contributed by atoms with Gasteiger partial charge in [0.2, 0.25) is 0 Å². The number of amides is 1. The second-order valence-electron chi connectivity index (χ2n) is 5.22. The summed E-state index contributed by atoms with van der Waals surface area (Å²) < 4.78 is 28.1. The standard InChI is InChI=1S/C18H17ClFNO5/c1-11(26-14-6-3-12(20)4-7-14)18(23)25-10-17(22)21-13-5-8-16(24-2)15(19)9-13/h3-9,11H,10H2,1-2H3,(H,21,22)/t11-/m1/s1. The maximum atomic E-state index is 12.8. The van der Waals surface area contributed by atoms with Gasteiger partial charge in [-0.2, -0.15) is 0 Å². The molecule has 1 atom stereocenters. The number of anilines is 1. The second-order valence-corrected chi connectivity index (χ2v) is 5.63. The van der Waals surface area contributed by atoms with Gasteiger partial charge in [-0.15, -0.1) is 0 Å². The molecule has 0 unspecified atom stereocenters. The lowest BCUT2D eigenvalue weighted by atomic mass is 10.3. The molecule has 8 heteroatoms. The van der Waals surface area contributed by atoms with Gasteiger partial charge in [-0.1, -0.05) is 11.6 Å². The van der Waals surface area contributed by atoms with Gasteiger partial charge in [0.1, 0.15) is 17.3 Å². The fourth-order valence-corrected chi connectivity index (χ4v) is 2.22. The van der Waals surface area contributed by atoms with Crippen LogP contribution in [0.5, 0.6) is 11.5 Å². The van der Waals surface area contributed by atoms with Crippen molar-refractivity contribution in [2.45, 2.75) is 13.0 Å². The Morgan fingerprint density at radius 2 is 1.88 bits per heavy atom. The molecule has 0 bridgehead atoms. The lowest BCUT2D eigenvalue weighted by molar-refractivity contribution is -0.153. The highest BCUT2D eigenvalue weighted by atomic mass is 35.5. The van der Waals surface area contributed by atoms with E-state index in [1.807, 2.05) is 0 Å². The van der Waals surface area contributed by atoms with E-state index in [-0.39, 0.29) is 0 Å². The van der Waals surface area contributed by atoms with E-state index in [9.17, 15) is 14.0 Å². The molecule has 1 N–H and O–H groups in total. The minimum absolute atomic E-state index is 0.313. The number of benzene rings is 2. The molecular weight excluding hydrogens is 365 g/mol. The van der Waals surface area contributed by atoms with Crippen molar-refractivity contribution < 1.29 is 28.2 Å². The number of carbonyl (C=O) groups is 2. The number of ether oxygens (including phenoxy) is 3. The first-order valence-electron chi connectivity index (χ1n) is 7.61. The monoisotopic (exact) mass is 381 g/mol. The summed E-state index contributed by atoms with van der Waals surface area (Å²) in [5.41, 5.74) is 0.437. The fraction of sp³-hybridized carbons (Fsp3) is 0.222. The molecule has 1 amide bonds. The van der Waals surface area contributed by atoms with Gasteiger partial charge in [-0.3, -0.25) is 4.79 Å². The van der Waals surface area contributed by atoms with Crippen LogP contribution in [0, 0.1) is 5.82 Å². The largest absolute Gasteiger partial charge is 0.495 e. The van der Waals surface area contributed by atoms with E-state index in [0.29, 0.717) is 22.2 Å². The van der Waals surface area contributed by atoms with Crippen molar-refractivity contribution in [1.82, 2.24) is 0 Å². The van der Waals surface area contributed by atoms with E-state index >= 15 is 0 Å². The summed E-state index contributed by atoms with van der Waals surface area (Å²) in [4.78, 5) is 23.7. The molecule has 0 radical (unpaired) electrons. The topological polar surface area (TPSA) is 73.9 Å². The summed E-state index contributed by atoms with van der Waals surface area (Å²) >= 11 is 5.97. The number of carbonyl (C=O) groups excluding carboxylic acids is 2. The Balaban J connectivity index is 1.81. The highest BCUT2D eigenvalue weighted by Gasteiger charge is 2.18. The average molecular weight is 382 g/mol. The number of methoxy groups -OCH3 is 1. The van der Waals surface area contributed by atoms with Crippen LogP contribution >= 0.6 is 11.6 Å². The summed E-state index contributed by atoms with van der Waals surface area (Å²) in [6.45, 7) is 0.979. The van der Waals surface area contributed by atoms with Gasteiger partial charge in [-0.05, 0) is 49.4 Å². The first-order valence-corrected chi connectivity index (χ1v) is 7.99. The van der Waals surface area contributed by atoms with Crippen LogP contribution in [0.2, 0.25) is 5.02 Å². The van der Waals surface area contributed by atoms with Crippen LogP contribution in [-0.4, -0.2) is 31.7 Å². The van der Waals surface area contributed by atoms with Gasteiger partial charge in [0.15, 0.2) is 12.7 Å². The van der Waals surface area contributed by atoms with Crippen LogP contribution in [0.15, 0.2) is 42.5 Å². The first-order chi connectivity index (χ1) is 12.4. The molecule has 138 valence electrons. The van der Waals surface area contributed by atoms with E-state index in [0.717, 1.165) is 0 Å². The Morgan fingerprint density at radius 1 is 1.19 bits per heavy atom. The normalized spacial score (nSPS) is 11.4. The predicted molar refractivity (Wildman–Crippen MR) is 94.1 cm³/mol. The van der Waals surface area contributed by atoms with E-state index in [1.54, 1.807) is 12.1 Å². The molecule has 0 saturated heterocycles. The zero-order valence-corrected chi connectivity index (χ0v) is 14.9. The number of hydrogen-bond donors (Lipinski definition) is 1. The summed E-state index contributed by atoms with van der Waals surface area (Å²) in [6.07, 6.45) is -0.955. The second kappa shape index (κ2) is 9.05. The average Bonchev–Trinajstić information content (AvgIpc) is 2.61. The maximum absolute atomic E-state index is 12.8. The van der Waals surface area contributed by atoms with Gasteiger partial charge in [0, 0.05) is 5.69 Å². The highest BCUT2D eigenvalue weighted by molar-refractivity contribution is 6.32. The number of hydrogen-bond acceptors (Lipinski definition) is 5. The third-order valence-corrected chi connectivity index (χ3v) is 3.53. The SMILES string of the molecule is COc1ccc(NC(=O)COC(=O)[C@@H](C)Oc2ccc(F)cc2)cc1Cl. The molecule has 0 fully saturated rings. The van der Waals surface area contributed by atoms with E-state index < -0.39 is 30.4 Å². The fourth-order valence-electron chi connectivity index (χ4n) is 1.96. The van der Waals surface area contributed by atoms with E-state index in [1.165, 1.54) is 44.4 Å². The molecule has 26 heavy (non-hydrogen) atoms. The Labute approximate surface area is 154 Å². The van der Waals surface area contributed by atoms with Crippen LogP contribution in [0.3, 0.4) is 0 Å². The molecule has 2 rings (SSSR count). The van der Waals surface area contributed by atoms with Gasteiger partial charge in [0.05, 0.1) is 12.1 Å². The van der Waals surface area contributed by atoms with Crippen LogP contribution < -0.4 is 14.8 Å². The third kappa shape index (κ3) is 5.63. The molecule has 6 nitrogen and oxygen atoms in total. The minimum Gasteiger partial charge on any atom is -0.495 e. The van der Waals surface area contributed by atoms with Crippen molar-refractivity contribution in [3.05, 3.63) is 53.3 Å². The lowest BCUT2D eigenvalue weighted by Gasteiger charge is -2.14. The van der Waals surface area contributed by atoms with Crippen molar-refractivity contribution in [2.24, 2.45) is 0 Å². The van der Waals surface area contributed by atoms with Gasteiger partial charge in [0.25, 0.3) is 5.91 Å². The summed E-state index contributed by atoms with van der Waals surface area (Å²) in [6, 6.07) is 9.91. The Bertz CT molecular complexity index is 782. The summed E-state index contributed by atoms with van der Waals surface area (Å²) in [5, 5.41) is 2.88. The Morgan fingerprint density at radius 3 is 2.50 bits per heavy atom. The van der Waals surface area contributed by atoms with E-state index in [4.69, 9.17) is 25.8 Å². The molecule has 2 aromatic rings. The van der Waals surface area contributed by atoms with Crippen molar-refractivity contribution in [3.63, 3.8) is 0 Å². The van der Waals surface area contributed by atoms with Crippen LogP contribution in [-0.2, 0) is 14.3 Å². The molecule has 0 spiro atoms. The zero-order chi connectivity index (χ0) is 19.1. The minimum atomic E-state index is -0.955. The van der Waals surface area contributed by atoms with Crippen molar-refractivity contribution in [1.29, 1.82) is 0 Å². The quantitative estimate of drug-likeness (QED) is 0.744. The number of halogens is 2. The van der Waals surface area contributed by atoms with E-state index in [2.05, 4.69) is 5.32 Å². The molecule has 0 aliphatic rings. The summed E-state index contributed by atoms with van der Waals surface area (Å²) in [7, 11) is 1.48. The Hall–Kier alpha value is -2.80. The molecule has 0 heterocycles. The third-order valence-electron chi connectivity index (χ3n) is 3.24. The smallest absolute Gasteiger partial charge is 0.347 e. The molecular formula is C18H17ClFNO5. The van der Waals surface area contributed by atoms with Gasteiger partial charge >= 0.3 is 5.97 Å². The molecule has 0 aliphatic heterocycles. The summed E-state index contributed by atoms with van der Waals surface area (Å²) in [5.74, 6) is -0.885. The number of rotatable bonds is 7. The van der Waals surface area contributed by atoms with Crippen molar-refractivity contribution >= 4 is 29.2 Å². The molecule has 2 aromatic carbocycles. The van der Waals surface area contributed by atoms with Crippen LogP contribution in [0.25, 0.3) is 0 Å². The maximum Gasteiger partial charge on any atom is 0.347 e. The highest BCUT2D eigenvalue weighted by Crippen LogP contribution is 2.27. The van der Waals surface area contributed by atoms with Crippen LogP contribution in [0.1, 0.15) is 6.92 Å². The Kier molecular flexibility index (Phi) is 6.80. The zero-order valence-electron chi connectivity index (χ0n) is 14.1. The predicted octanol–water partition coefficient (Wildman–Crippen LogP) is 3.44. The van der Waals surface area contributed by atoms with Crippen LogP contribution in [0.4, 0.5) is 10.1 Å². The van der Waals surface area contributed by atoms with Crippen molar-refractivity contribution in [2.75, 3.05) is 19.0 Å². The molecule has 0 aliphatic carbocycles. The van der Waals surface area contributed by atoms with Gasteiger partial charge < -0.3 is 19.5 Å². The molecule has 0 saturated carbocycles. The first kappa shape index (κ1) is 19.5. The van der Waals surface area contributed by atoms with Crippen molar-refractivity contribution in [3.8, 4) is 11.5 Å².